The van der Waals surface area contributed by atoms with Gasteiger partial charge in [-0.3, -0.25) is 4.40 Å². The average Bonchev–Trinajstić information content (AvgIpc) is 3.14. The first-order chi connectivity index (χ1) is 14.2. The zero-order valence-electron chi connectivity index (χ0n) is 15.6. The van der Waals surface area contributed by atoms with Gasteiger partial charge in [0.15, 0.2) is 17.2 Å². The van der Waals surface area contributed by atoms with Crippen LogP contribution in [0.2, 0.25) is 5.02 Å². The Balaban J connectivity index is 1.60. The van der Waals surface area contributed by atoms with Crippen LogP contribution >= 0.6 is 11.6 Å². The third-order valence-corrected chi connectivity index (χ3v) is 6.19. The largest absolute Gasteiger partial charge is 0.394 e. The highest BCUT2D eigenvalue weighted by Gasteiger charge is 2.31. The third kappa shape index (κ3) is 2.63. The first-order valence-electron chi connectivity index (χ1n) is 9.91. The Morgan fingerprint density at radius 1 is 1.21 bits per heavy atom. The second-order valence-electron chi connectivity index (χ2n) is 7.76. The molecule has 1 N–H and O–H groups in total. The summed E-state index contributed by atoms with van der Waals surface area (Å²) < 4.78 is 7.41. The first kappa shape index (κ1) is 17.2. The molecular formula is C20H19ClN6O2. The number of anilines is 1. The van der Waals surface area contributed by atoms with Gasteiger partial charge in [0.2, 0.25) is 0 Å². The van der Waals surface area contributed by atoms with Crippen LogP contribution in [-0.4, -0.2) is 48.8 Å². The summed E-state index contributed by atoms with van der Waals surface area (Å²) in [5.74, 6) is 2.29. The van der Waals surface area contributed by atoms with Crippen LogP contribution in [0.4, 0.5) is 5.82 Å². The number of fused-ring (bicyclic) bond motifs is 3. The van der Waals surface area contributed by atoms with Gasteiger partial charge in [-0.1, -0.05) is 22.8 Å². The van der Waals surface area contributed by atoms with Crippen molar-refractivity contribution in [2.24, 2.45) is 0 Å². The molecule has 148 valence electrons. The van der Waals surface area contributed by atoms with Crippen molar-refractivity contribution in [2.45, 2.75) is 37.6 Å². The molecule has 4 heterocycles. The van der Waals surface area contributed by atoms with Gasteiger partial charge in [0, 0.05) is 12.5 Å². The minimum absolute atomic E-state index is 0.0284. The molecule has 6 rings (SSSR count). The molecule has 2 aliphatic rings. The predicted molar refractivity (Wildman–Crippen MR) is 108 cm³/mol. The standard InChI is InChI=1S/C20H19ClN6O2/c21-13-4-1-5-14-15(13)18(26-8-2-3-12(26)9-28)24-19-16(22-10-27(14)19)20-23-17(25-29-20)11-6-7-11/h1,4-5,10-12,28H,2-3,6-9H2. The molecule has 8 nitrogen and oxygen atoms in total. The van der Waals surface area contributed by atoms with Gasteiger partial charge in [-0.15, -0.1) is 0 Å². The van der Waals surface area contributed by atoms with Gasteiger partial charge in [-0.05, 0) is 37.8 Å². The zero-order valence-corrected chi connectivity index (χ0v) is 16.4. The molecule has 1 saturated heterocycles. The van der Waals surface area contributed by atoms with Gasteiger partial charge in [0.25, 0.3) is 5.89 Å². The molecule has 1 saturated carbocycles. The minimum Gasteiger partial charge on any atom is -0.394 e. The van der Waals surface area contributed by atoms with Crippen molar-refractivity contribution in [1.29, 1.82) is 0 Å². The van der Waals surface area contributed by atoms with Crippen LogP contribution < -0.4 is 4.90 Å². The van der Waals surface area contributed by atoms with Crippen molar-refractivity contribution in [1.82, 2.24) is 24.5 Å². The number of hydrogen-bond donors (Lipinski definition) is 1. The van der Waals surface area contributed by atoms with Crippen molar-refractivity contribution >= 4 is 34.0 Å². The molecule has 1 aromatic carbocycles. The molecule has 0 bridgehead atoms. The monoisotopic (exact) mass is 410 g/mol. The number of aliphatic hydroxyl groups excluding tert-OH is 1. The van der Waals surface area contributed by atoms with E-state index in [1.54, 1.807) is 6.33 Å². The van der Waals surface area contributed by atoms with E-state index in [9.17, 15) is 5.11 Å². The van der Waals surface area contributed by atoms with Crippen LogP contribution in [0.15, 0.2) is 29.0 Å². The number of benzene rings is 1. The van der Waals surface area contributed by atoms with Crippen LogP contribution in [0.5, 0.6) is 0 Å². The molecule has 3 aromatic heterocycles. The number of aliphatic hydroxyl groups is 1. The lowest BCUT2D eigenvalue weighted by molar-refractivity contribution is 0.266. The summed E-state index contributed by atoms with van der Waals surface area (Å²) in [5.41, 5.74) is 2.11. The van der Waals surface area contributed by atoms with Gasteiger partial charge < -0.3 is 14.5 Å². The molecule has 2 fully saturated rings. The maximum atomic E-state index is 9.85. The average molecular weight is 411 g/mol. The number of halogens is 1. The van der Waals surface area contributed by atoms with Crippen molar-refractivity contribution < 1.29 is 9.63 Å². The van der Waals surface area contributed by atoms with Gasteiger partial charge in [0.1, 0.15) is 12.1 Å². The van der Waals surface area contributed by atoms with Gasteiger partial charge in [-0.2, -0.15) is 4.98 Å². The summed E-state index contributed by atoms with van der Waals surface area (Å²) in [6, 6.07) is 5.81. The van der Waals surface area contributed by atoms with E-state index in [0.29, 0.717) is 28.2 Å². The Morgan fingerprint density at radius 2 is 2.10 bits per heavy atom. The quantitative estimate of drug-likeness (QED) is 0.551. The summed E-state index contributed by atoms with van der Waals surface area (Å²) in [7, 11) is 0. The Labute approximate surface area is 171 Å². The fourth-order valence-electron chi connectivity index (χ4n) is 4.22. The molecular weight excluding hydrogens is 392 g/mol. The lowest BCUT2D eigenvalue weighted by atomic mass is 10.2. The highest BCUT2D eigenvalue weighted by molar-refractivity contribution is 6.36. The van der Waals surface area contributed by atoms with Crippen molar-refractivity contribution in [3.05, 3.63) is 35.4 Å². The van der Waals surface area contributed by atoms with E-state index in [1.807, 2.05) is 22.6 Å². The van der Waals surface area contributed by atoms with E-state index >= 15 is 0 Å². The molecule has 0 spiro atoms. The molecule has 1 aliphatic carbocycles. The lowest BCUT2D eigenvalue weighted by Gasteiger charge is -2.26. The Bertz CT molecular complexity index is 1230. The lowest BCUT2D eigenvalue weighted by Crippen LogP contribution is -2.33. The third-order valence-electron chi connectivity index (χ3n) is 5.88. The summed E-state index contributed by atoms with van der Waals surface area (Å²) >= 11 is 6.60. The molecule has 1 aliphatic heterocycles. The SMILES string of the molecule is OCC1CCCN1c1nc2c(-c3nc(C4CC4)no3)ncn2c2cccc(Cl)c12. The highest BCUT2D eigenvalue weighted by atomic mass is 35.5. The number of imidazole rings is 1. The summed E-state index contributed by atoms with van der Waals surface area (Å²) in [4.78, 5) is 16.2. The summed E-state index contributed by atoms with van der Waals surface area (Å²) in [5, 5.41) is 15.4. The Morgan fingerprint density at radius 3 is 2.93 bits per heavy atom. The van der Waals surface area contributed by atoms with Crippen LogP contribution in [0.25, 0.3) is 28.1 Å². The molecule has 0 amide bonds. The van der Waals surface area contributed by atoms with Gasteiger partial charge in [-0.25, -0.2) is 9.97 Å². The second kappa shape index (κ2) is 6.40. The van der Waals surface area contributed by atoms with Crippen molar-refractivity contribution in [3.8, 4) is 11.6 Å². The topological polar surface area (TPSA) is 92.6 Å². The molecule has 1 unspecified atom stereocenters. The number of rotatable bonds is 4. The second-order valence-corrected chi connectivity index (χ2v) is 8.17. The highest BCUT2D eigenvalue weighted by Crippen LogP contribution is 2.40. The maximum Gasteiger partial charge on any atom is 0.280 e. The van der Waals surface area contributed by atoms with E-state index in [-0.39, 0.29) is 12.6 Å². The van der Waals surface area contributed by atoms with E-state index in [0.717, 1.165) is 54.8 Å². The van der Waals surface area contributed by atoms with Crippen LogP contribution in [0.1, 0.15) is 37.4 Å². The number of aromatic nitrogens is 5. The summed E-state index contributed by atoms with van der Waals surface area (Å²) in [6.45, 7) is 0.907. The van der Waals surface area contributed by atoms with Crippen molar-refractivity contribution in [3.63, 3.8) is 0 Å². The van der Waals surface area contributed by atoms with Crippen LogP contribution in [0.3, 0.4) is 0 Å². The normalized spacial score (nSPS) is 19.7. The Hall–Kier alpha value is -2.71. The molecule has 0 radical (unpaired) electrons. The minimum atomic E-state index is 0.0284. The van der Waals surface area contributed by atoms with E-state index in [1.165, 1.54) is 0 Å². The number of hydrogen-bond acceptors (Lipinski definition) is 7. The van der Waals surface area contributed by atoms with Crippen molar-refractivity contribution in [2.75, 3.05) is 18.1 Å². The predicted octanol–water partition coefficient (Wildman–Crippen LogP) is 3.42. The van der Waals surface area contributed by atoms with E-state index in [4.69, 9.17) is 21.1 Å². The fourth-order valence-corrected chi connectivity index (χ4v) is 4.47. The Kier molecular flexibility index (Phi) is 3.79. The molecule has 4 aromatic rings. The van der Waals surface area contributed by atoms with Crippen LogP contribution in [0, 0.1) is 0 Å². The smallest absolute Gasteiger partial charge is 0.280 e. The number of nitrogens with zero attached hydrogens (tertiary/aromatic N) is 6. The fraction of sp³-hybridized carbons (Fsp3) is 0.400. The van der Waals surface area contributed by atoms with Gasteiger partial charge in [0.05, 0.1) is 28.6 Å². The van der Waals surface area contributed by atoms with Gasteiger partial charge >= 0.3 is 0 Å². The van der Waals surface area contributed by atoms with E-state index in [2.05, 4.69) is 20.0 Å². The first-order valence-corrected chi connectivity index (χ1v) is 10.3. The van der Waals surface area contributed by atoms with Crippen LogP contribution in [-0.2, 0) is 0 Å². The zero-order chi connectivity index (χ0) is 19.5. The van der Waals surface area contributed by atoms with E-state index < -0.39 is 0 Å². The molecule has 29 heavy (non-hydrogen) atoms. The molecule has 1 atom stereocenters. The molecule has 9 heteroatoms. The summed E-state index contributed by atoms with van der Waals surface area (Å²) in [6.07, 6.45) is 5.85. The maximum absolute atomic E-state index is 9.85.